The first-order valence-corrected chi connectivity index (χ1v) is 2.99. The highest BCUT2D eigenvalue weighted by Crippen LogP contribution is 1.77. The molecular formula is C3H12B3N. The summed E-state index contributed by atoms with van der Waals surface area (Å²) < 4.78 is 2.31. The van der Waals surface area contributed by atoms with Crippen molar-refractivity contribution < 1.29 is 0 Å². The molecule has 0 saturated heterocycles. The van der Waals surface area contributed by atoms with E-state index in [0.717, 1.165) is 0 Å². The van der Waals surface area contributed by atoms with Crippen molar-refractivity contribution in [1.82, 2.24) is 4.72 Å². The fourth-order valence-corrected chi connectivity index (χ4v) is 0.540. The van der Waals surface area contributed by atoms with Gasteiger partial charge in [-0.2, -0.15) is 0 Å². The van der Waals surface area contributed by atoms with Crippen molar-refractivity contribution in [1.29, 1.82) is 0 Å². The van der Waals surface area contributed by atoms with Gasteiger partial charge in [-0.25, -0.2) is 0 Å². The largest absolute Gasteiger partial charge is 0.399 e. The molecule has 0 amide bonds. The van der Waals surface area contributed by atoms with E-state index >= 15 is 0 Å². The number of hydrogen-bond acceptors (Lipinski definition) is 1. The summed E-state index contributed by atoms with van der Waals surface area (Å²) in [7, 11) is 5.49. The first-order valence-electron chi connectivity index (χ1n) is 2.99. The van der Waals surface area contributed by atoms with Gasteiger partial charge in [0.25, 0.3) is 0 Å². The molecule has 0 saturated carbocycles. The van der Waals surface area contributed by atoms with Gasteiger partial charge in [-0.15, -0.1) is 0 Å². The van der Waals surface area contributed by atoms with Gasteiger partial charge >= 0.3 is 0 Å². The molecule has 0 N–H and O–H groups in total. The lowest BCUT2D eigenvalue weighted by Gasteiger charge is -2.10. The second-order valence-corrected chi connectivity index (χ2v) is 1.90. The first kappa shape index (κ1) is 7.15. The Hall–Kier alpha value is 0.155. The molecule has 0 atom stereocenters. The van der Waals surface area contributed by atoms with E-state index in [-0.39, 0.29) is 0 Å². The topological polar surface area (TPSA) is 3.24 Å². The number of rotatable bonds is 3. The lowest BCUT2D eigenvalue weighted by Crippen LogP contribution is -2.25. The van der Waals surface area contributed by atoms with Crippen molar-refractivity contribution in [3.05, 3.63) is 0 Å². The molecule has 0 spiro atoms. The number of hydrogen-bond donors (Lipinski definition) is 0. The first-order chi connectivity index (χ1) is 3.31. The van der Waals surface area contributed by atoms with Crippen LogP contribution in [0.1, 0.15) is 13.3 Å². The molecule has 0 radical (unpaired) electrons. The van der Waals surface area contributed by atoms with E-state index in [2.05, 4.69) is 27.4 Å². The van der Waals surface area contributed by atoms with Crippen LogP contribution < -0.4 is 0 Å². The van der Waals surface area contributed by atoms with Crippen LogP contribution in [-0.2, 0) is 0 Å². The zero-order valence-corrected chi connectivity index (χ0v) is 5.57. The Morgan fingerprint density at radius 1 is 1.71 bits per heavy atom. The molecule has 0 fully saturated rings. The second kappa shape index (κ2) is 4.32. The minimum absolute atomic E-state index is 1.17. The maximum Gasteiger partial charge on any atom is 0.172 e. The Morgan fingerprint density at radius 3 is 2.43 bits per heavy atom. The van der Waals surface area contributed by atoms with E-state index in [4.69, 9.17) is 0 Å². The van der Waals surface area contributed by atoms with Gasteiger partial charge in [0.2, 0.25) is 0 Å². The summed E-state index contributed by atoms with van der Waals surface area (Å²) in [6, 6.07) is 0. The summed E-state index contributed by atoms with van der Waals surface area (Å²) >= 11 is 0. The van der Waals surface area contributed by atoms with Crippen molar-refractivity contribution in [3.8, 4) is 0 Å². The highest BCUT2D eigenvalue weighted by molar-refractivity contribution is 6.89. The van der Waals surface area contributed by atoms with Crippen LogP contribution in [0.2, 0.25) is 0 Å². The molecule has 7 heavy (non-hydrogen) atoms. The summed E-state index contributed by atoms with van der Waals surface area (Å²) in [4.78, 5) is 0. The Morgan fingerprint density at radius 2 is 2.29 bits per heavy atom. The van der Waals surface area contributed by atoms with Crippen molar-refractivity contribution in [2.45, 2.75) is 13.3 Å². The minimum Gasteiger partial charge on any atom is -0.399 e. The van der Waals surface area contributed by atoms with E-state index in [9.17, 15) is 0 Å². The molecule has 0 aliphatic rings. The van der Waals surface area contributed by atoms with E-state index in [1.165, 1.54) is 20.3 Å². The SMILES string of the molecule is BBN(B)CCC. The van der Waals surface area contributed by atoms with Crippen LogP contribution in [0.3, 0.4) is 0 Å². The van der Waals surface area contributed by atoms with E-state index < -0.39 is 0 Å². The van der Waals surface area contributed by atoms with Gasteiger partial charge in [0.05, 0.1) is 7.74 Å². The van der Waals surface area contributed by atoms with E-state index in [0.29, 0.717) is 0 Å². The Kier molecular flexibility index (Phi) is 4.41. The van der Waals surface area contributed by atoms with Gasteiger partial charge in [-0.1, -0.05) is 6.92 Å². The van der Waals surface area contributed by atoms with Gasteiger partial charge in [-0.3, -0.25) is 0 Å². The smallest absolute Gasteiger partial charge is 0.172 e. The van der Waals surface area contributed by atoms with Gasteiger partial charge in [0.15, 0.2) is 7.98 Å². The van der Waals surface area contributed by atoms with Crippen LogP contribution in [-0.4, -0.2) is 34.3 Å². The quantitative estimate of drug-likeness (QED) is 0.371. The average Bonchev–Trinajstić information content (AvgIpc) is 1.68. The molecule has 1 nitrogen and oxygen atoms in total. The van der Waals surface area contributed by atoms with Crippen LogP contribution in [0.15, 0.2) is 0 Å². The summed E-state index contributed by atoms with van der Waals surface area (Å²) in [5.41, 5.74) is 0. The fraction of sp³-hybridized carbons (Fsp3) is 1.00. The molecule has 0 aromatic carbocycles. The summed E-state index contributed by atoms with van der Waals surface area (Å²) in [5.74, 6) is 0. The zero-order chi connectivity index (χ0) is 5.70. The molecule has 0 aliphatic carbocycles. The summed E-state index contributed by atoms with van der Waals surface area (Å²) in [6.45, 7) is 3.43. The maximum absolute atomic E-state index is 2.31. The fourth-order valence-electron chi connectivity index (χ4n) is 0.540. The molecule has 0 bridgehead atoms. The average molecular weight is 94.6 g/mol. The lowest BCUT2D eigenvalue weighted by atomic mass is 9.63. The second-order valence-electron chi connectivity index (χ2n) is 1.90. The molecule has 0 aromatic heterocycles. The van der Waals surface area contributed by atoms with Crippen LogP contribution in [0.5, 0.6) is 0 Å². The molecular weight excluding hydrogens is 82.5 g/mol. The van der Waals surface area contributed by atoms with Crippen molar-refractivity contribution in [3.63, 3.8) is 0 Å². The predicted octanol–water partition coefficient (Wildman–Crippen LogP) is -1.85. The van der Waals surface area contributed by atoms with Crippen LogP contribution >= 0.6 is 0 Å². The molecule has 38 valence electrons. The van der Waals surface area contributed by atoms with Crippen LogP contribution in [0.4, 0.5) is 0 Å². The minimum atomic E-state index is 1.17. The van der Waals surface area contributed by atoms with Crippen molar-refractivity contribution in [2.75, 3.05) is 6.54 Å². The molecule has 0 rings (SSSR count). The molecule has 0 aromatic rings. The van der Waals surface area contributed by atoms with E-state index in [1.807, 2.05) is 0 Å². The standard InChI is InChI=1S/C3H12B3N/c1-2-3-7(5)6-4/h6H,2-5H2,1H3. The highest BCUT2D eigenvalue weighted by atomic mass is 14.9. The molecule has 4 heteroatoms. The molecule has 0 heterocycles. The van der Waals surface area contributed by atoms with Gasteiger partial charge in [0, 0.05) is 0 Å². The van der Waals surface area contributed by atoms with Gasteiger partial charge < -0.3 is 4.72 Å². The predicted molar refractivity (Wildman–Crippen MR) is 41.2 cm³/mol. The third-order valence-corrected chi connectivity index (χ3v) is 1.15. The van der Waals surface area contributed by atoms with Crippen molar-refractivity contribution >= 4 is 23.0 Å². The third kappa shape index (κ3) is 4.00. The maximum atomic E-state index is 2.31. The highest BCUT2D eigenvalue weighted by Gasteiger charge is 1.88. The van der Waals surface area contributed by atoms with Gasteiger partial charge in [-0.05, 0) is 13.0 Å². The monoisotopic (exact) mass is 95.1 g/mol. The van der Waals surface area contributed by atoms with E-state index in [1.54, 1.807) is 0 Å². The van der Waals surface area contributed by atoms with Gasteiger partial charge in [0.1, 0.15) is 7.31 Å². The summed E-state index contributed by atoms with van der Waals surface area (Å²) in [6.07, 6.45) is 1.27. The van der Waals surface area contributed by atoms with Crippen molar-refractivity contribution in [2.24, 2.45) is 0 Å². The number of nitrogens with zero attached hydrogens (tertiary/aromatic N) is 1. The Labute approximate surface area is 48.5 Å². The lowest BCUT2D eigenvalue weighted by molar-refractivity contribution is 0.672. The Bertz CT molecular complexity index is 41.2. The van der Waals surface area contributed by atoms with Crippen LogP contribution in [0, 0.1) is 0 Å². The van der Waals surface area contributed by atoms with Crippen LogP contribution in [0.25, 0.3) is 0 Å². The third-order valence-electron chi connectivity index (χ3n) is 1.15. The normalized spacial score (nSPS) is 9.43. The summed E-state index contributed by atoms with van der Waals surface area (Å²) in [5, 5.41) is 0. The zero-order valence-electron chi connectivity index (χ0n) is 5.57. The molecule has 0 unspecified atom stereocenters. The molecule has 0 aliphatic heterocycles. The Balaban J connectivity index is 2.83.